The molecule has 0 aromatic rings. The van der Waals surface area contributed by atoms with Crippen LogP contribution in [0.3, 0.4) is 0 Å². The van der Waals surface area contributed by atoms with E-state index in [0.717, 1.165) is 64.2 Å². The minimum absolute atomic E-state index is 0.0726. The fraction of sp³-hybridized carbons (Fsp3) is 0.759. The molecule has 1 saturated heterocycles. The van der Waals surface area contributed by atoms with Crippen LogP contribution < -0.4 is 5.32 Å². The second-order valence-electron chi connectivity index (χ2n) is 19.1. The van der Waals surface area contributed by atoms with Crippen molar-refractivity contribution in [3.63, 3.8) is 0 Å². The molecular formula is C58H101NO10. The summed E-state index contributed by atoms with van der Waals surface area (Å²) in [6.07, 6.45) is 46.6. The molecule has 1 amide bonds. The van der Waals surface area contributed by atoms with Crippen LogP contribution in [0.4, 0.5) is 0 Å². The van der Waals surface area contributed by atoms with Crippen LogP contribution in [0.25, 0.3) is 0 Å². The highest BCUT2D eigenvalue weighted by Gasteiger charge is 2.47. The lowest BCUT2D eigenvalue weighted by atomic mass is 9.99. The third kappa shape index (κ3) is 35.0. The number of esters is 1. The van der Waals surface area contributed by atoms with Gasteiger partial charge in [-0.3, -0.25) is 9.59 Å². The summed E-state index contributed by atoms with van der Waals surface area (Å²) in [7, 11) is 0. The normalized spacial score (nSPS) is 20.4. The van der Waals surface area contributed by atoms with Gasteiger partial charge in [-0.05, 0) is 44.9 Å². The average molecular weight is 972 g/mol. The molecule has 0 radical (unpaired) electrons. The molecule has 0 saturated carbocycles. The Morgan fingerprint density at radius 3 is 1.57 bits per heavy atom. The minimum atomic E-state index is -1.63. The van der Waals surface area contributed by atoms with E-state index in [1.807, 2.05) is 54.7 Å². The zero-order valence-electron chi connectivity index (χ0n) is 43.7. The number of aliphatic hydroxyl groups is 5. The summed E-state index contributed by atoms with van der Waals surface area (Å²) in [5.74, 6) is -1.24. The third-order valence-corrected chi connectivity index (χ3v) is 12.8. The van der Waals surface area contributed by atoms with Crippen molar-refractivity contribution >= 4 is 11.9 Å². The van der Waals surface area contributed by atoms with Crippen molar-refractivity contribution < 1.29 is 49.3 Å². The van der Waals surface area contributed by atoms with E-state index in [0.29, 0.717) is 12.8 Å². The van der Waals surface area contributed by atoms with Gasteiger partial charge >= 0.3 is 5.97 Å². The molecule has 0 bridgehead atoms. The summed E-state index contributed by atoms with van der Waals surface area (Å²) in [5, 5.41) is 56.7. The molecule has 0 aromatic carbocycles. The van der Waals surface area contributed by atoms with Gasteiger partial charge in [0.2, 0.25) is 5.91 Å². The smallest absolute Gasteiger partial charge is 0.306 e. The molecule has 1 rings (SSSR count). The Morgan fingerprint density at radius 2 is 1.04 bits per heavy atom. The second kappa shape index (κ2) is 46.2. The minimum Gasteiger partial charge on any atom is -0.454 e. The molecule has 8 atom stereocenters. The van der Waals surface area contributed by atoms with Gasteiger partial charge in [-0.15, -0.1) is 0 Å². The zero-order chi connectivity index (χ0) is 50.4. The van der Waals surface area contributed by atoms with Crippen LogP contribution in [0, 0.1) is 0 Å². The molecule has 6 N–H and O–H groups in total. The Morgan fingerprint density at radius 1 is 0.580 bits per heavy atom. The van der Waals surface area contributed by atoms with E-state index in [4.69, 9.17) is 14.2 Å². The van der Waals surface area contributed by atoms with Crippen molar-refractivity contribution in [2.75, 3.05) is 13.2 Å². The van der Waals surface area contributed by atoms with Crippen molar-refractivity contribution in [2.24, 2.45) is 0 Å². The Labute approximate surface area is 420 Å². The van der Waals surface area contributed by atoms with Crippen LogP contribution in [0.2, 0.25) is 0 Å². The summed E-state index contributed by atoms with van der Waals surface area (Å²) in [6, 6.07) is -1.03. The van der Waals surface area contributed by atoms with Gasteiger partial charge in [0.05, 0.1) is 25.4 Å². The van der Waals surface area contributed by atoms with E-state index >= 15 is 0 Å². The highest BCUT2D eigenvalue weighted by Crippen LogP contribution is 2.26. The Kier molecular flexibility index (Phi) is 42.9. The monoisotopic (exact) mass is 972 g/mol. The van der Waals surface area contributed by atoms with Gasteiger partial charge < -0.3 is 45.1 Å². The summed E-state index contributed by atoms with van der Waals surface area (Å²) in [6.45, 7) is 5.59. The topological polar surface area (TPSA) is 175 Å². The largest absolute Gasteiger partial charge is 0.454 e. The van der Waals surface area contributed by atoms with Crippen LogP contribution in [0.1, 0.15) is 220 Å². The number of nitrogens with one attached hydrogen (secondary N) is 1. The maximum Gasteiger partial charge on any atom is 0.306 e. The molecule has 1 aliphatic rings. The number of aliphatic hydroxyl groups excluding tert-OH is 5. The molecule has 1 heterocycles. The molecule has 0 aromatic heterocycles. The van der Waals surface area contributed by atoms with Crippen LogP contribution in [0.5, 0.6) is 0 Å². The highest BCUT2D eigenvalue weighted by atomic mass is 16.7. The predicted molar refractivity (Wildman–Crippen MR) is 283 cm³/mol. The number of hydrogen-bond donors (Lipinski definition) is 6. The van der Waals surface area contributed by atoms with Crippen LogP contribution in [-0.2, 0) is 23.8 Å². The quantitative estimate of drug-likeness (QED) is 0.0149. The van der Waals surface area contributed by atoms with Crippen molar-refractivity contribution in [2.45, 2.75) is 269 Å². The van der Waals surface area contributed by atoms with Crippen LogP contribution >= 0.6 is 0 Å². The Bertz CT molecular complexity index is 1390. The number of carbonyl (C=O) groups is 2. The molecule has 398 valence electrons. The van der Waals surface area contributed by atoms with E-state index in [9.17, 15) is 35.1 Å². The first-order chi connectivity index (χ1) is 33.7. The van der Waals surface area contributed by atoms with Crippen LogP contribution in [0.15, 0.2) is 72.9 Å². The molecule has 0 spiro atoms. The lowest BCUT2D eigenvalue weighted by Crippen LogP contribution is -2.61. The van der Waals surface area contributed by atoms with Crippen molar-refractivity contribution in [1.29, 1.82) is 0 Å². The van der Waals surface area contributed by atoms with E-state index < -0.39 is 67.4 Å². The molecule has 1 fully saturated rings. The third-order valence-electron chi connectivity index (χ3n) is 12.8. The van der Waals surface area contributed by atoms with Gasteiger partial charge in [-0.1, -0.05) is 241 Å². The average Bonchev–Trinajstić information content (AvgIpc) is 3.34. The first-order valence-electron chi connectivity index (χ1n) is 27.8. The van der Waals surface area contributed by atoms with Crippen molar-refractivity contribution in [3.05, 3.63) is 72.9 Å². The molecule has 69 heavy (non-hydrogen) atoms. The second-order valence-corrected chi connectivity index (χ2v) is 19.1. The van der Waals surface area contributed by atoms with E-state index in [1.165, 1.54) is 109 Å². The summed E-state index contributed by atoms with van der Waals surface area (Å²) >= 11 is 0. The molecular weight excluding hydrogens is 871 g/mol. The Balaban J connectivity index is 2.77. The van der Waals surface area contributed by atoms with Gasteiger partial charge in [-0.25, -0.2) is 0 Å². The molecule has 8 unspecified atom stereocenters. The number of carbonyl (C=O) groups excluding carboxylic acids is 2. The van der Waals surface area contributed by atoms with Crippen molar-refractivity contribution in [1.82, 2.24) is 5.32 Å². The van der Waals surface area contributed by atoms with Gasteiger partial charge in [0.1, 0.15) is 24.4 Å². The lowest BCUT2D eigenvalue weighted by Gasteiger charge is -2.41. The first-order valence-corrected chi connectivity index (χ1v) is 27.8. The molecule has 1 aliphatic heterocycles. The standard InChI is InChI=1S/C58H101NO10/c1-4-7-10-13-16-19-22-24-26-28-31-34-37-40-43-46-53(63)69-56-55(65)54(64)52(47-60)68-58(56)67-48-49(50(61)44-41-38-35-32-29-21-18-15-12-9-6-3)59-57(66)51(62)45-42-39-36-33-30-27-25-23-20-17-14-11-8-5-2/h7,10,13,16,19,22,24,26,28,31,41,44,49-52,54-56,58,60-62,64-65H,4-6,8-9,11-12,14-15,17-18,20-21,23,25,27,29-30,32-40,42-43,45-48H2,1-3H3,(H,59,66)/b10-7+,16-13+,22-19-,26-24-,31-28+,44-41+. The number of allylic oxidation sites excluding steroid dienone is 11. The van der Waals surface area contributed by atoms with E-state index in [1.54, 1.807) is 6.08 Å². The van der Waals surface area contributed by atoms with E-state index in [2.05, 4.69) is 38.2 Å². The number of unbranched alkanes of at least 4 members (excludes halogenated alkanes) is 25. The van der Waals surface area contributed by atoms with Gasteiger partial charge in [0.25, 0.3) is 0 Å². The maximum absolute atomic E-state index is 13.3. The summed E-state index contributed by atoms with van der Waals surface area (Å²) < 4.78 is 17.5. The van der Waals surface area contributed by atoms with E-state index in [-0.39, 0.29) is 19.4 Å². The Hall–Kier alpha value is -2.90. The fourth-order valence-corrected chi connectivity index (χ4v) is 8.32. The summed E-state index contributed by atoms with van der Waals surface area (Å²) in [5.41, 5.74) is 0. The molecule has 11 heteroatoms. The fourth-order valence-electron chi connectivity index (χ4n) is 8.32. The zero-order valence-corrected chi connectivity index (χ0v) is 43.7. The SMILES string of the molecule is CC/C=C/C=C/C=C\C=C/C=C/CCCCCC(=O)OC1C(OCC(NC(=O)C(O)CCCCCCCCCCCCCCCC)C(O)/C=C/CCCCCCCCCCC)OC(CO)C(O)C1O. The number of rotatable bonds is 45. The predicted octanol–water partition coefficient (Wildman–Crippen LogP) is 12.1. The molecule has 0 aliphatic carbocycles. The molecule has 11 nitrogen and oxygen atoms in total. The highest BCUT2D eigenvalue weighted by molar-refractivity contribution is 5.80. The summed E-state index contributed by atoms with van der Waals surface area (Å²) in [4.78, 5) is 26.4. The number of ether oxygens (including phenoxy) is 3. The number of hydrogen-bond acceptors (Lipinski definition) is 10. The maximum atomic E-state index is 13.3. The van der Waals surface area contributed by atoms with Crippen LogP contribution in [-0.4, -0.2) is 99.6 Å². The van der Waals surface area contributed by atoms with Gasteiger partial charge in [0, 0.05) is 6.42 Å². The lowest BCUT2D eigenvalue weighted by molar-refractivity contribution is -0.305. The van der Waals surface area contributed by atoms with Gasteiger partial charge in [-0.2, -0.15) is 0 Å². The van der Waals surface area contributed by atoms with Gasteiger partial charge in [0.15, 0.2) is 12.4 Å². The number of amides is 1. The first kappa shape index (κ1) is 64.1. The van der Waals surface area contributed by atoms with Crippen molar-refractivity contribution in [3.8, 4) is 0 Å².